The highest BCUT2D eigenvalue weighted by Gasteiger charge is 2.22. The highest BCUT2D eigenvalue weighted by molar-refractivity contribution is 5.94. The van der Waals surface area contributed by atoms with Crippen LogP contribution in [-0.2, 0) is 9.53 Å². The minimum absolute atomic E-state index is 0.0943. The van der Waals surface area contributed by atoms with Crippen LogP contribution in [0.4, 0.5) is 6.01 Å². The summed E-state index contributed by atoms with van der Waals surface area (Å²) in [5, 5.41) is 19.8. The summed E-state index contributed by atoms with van der Waals surface area (Å²) in [5.74, 6) is -1.05. The maximum Gasteiger partial charge on any atom is 0.355 e. The molecule has 0 saturated carbocycles. The summed E-state index contributed by atoms with van der Waals surface area (Å²) < 4.78 is 10.4. The van der Waals surface area contributed by atoms with Gasteiger partial charge in [0, 0.05) is 16.8 Å². The third kappa shape index (κ3) is 4.09. The molecule has 0 unspecified atom stereocenters. The number of H-pyrrole nitrogens is 1. The molecular weight excluding hydrogens is 364 g/mol. The lowest BCUT2D eigenvalue weighted by Crippen LogP contribution is -2.21. The molecule has 28 heavy (non-hydrogen) atoms. The van der Waals surface area contributed by atoms with Gasteiger partial charge in [-0.3, -0.25) is 10.1 Å². The molecule has 3 rings (SSSR count). The number of aliphatic hydroxyl groups excluding tert-OH is 1. The fourth-order valence-corrected chi connectivity index (χ4v) is 2.93. The number of ether oxygens (including phenoxy) is 1. The Kier molecular flexibility index (Phi) is 5.55. The van der Waals surface area contributed by atoms with Crippen molar-refractivity contribution in [2.75, 3.05) is 11.9 Å². The molecule has 146 valence electrons. The number of benzene rings is 1. The van der Waals surface area contributed by atoms with Crippen molar-refractivity contribution in [1.82, 2.24) is 15.2 Å². The van der Waals surface area contributed by atoms with Gasteiger partial charge in [0.1, 0.15) is 5.69 Å². The molecule has 1 aromatic carbocycles. The van der Waals surface area contributed by atoms with Crippen LogP contribution in [0.1, 0.15) is 40.3 Å². The predicted molar refractivity (Wildman–Crippen MR) is 99.5 cm³/mol. The monoisotopic (exact) mass is 384 g/mol. The average Bonchev–Trinajstić information content (AvgIpc) is 3.24. The Labute approximate surface area is 160 Å². The lowest BCUT2D eigenvalue weighted by molar-refractivity contribution is -0.119. The molecule has 0 bridgehead atoms. The van der Waals surface area contributed by atoms with Crippen molar-refractivity contribution in [1.29, 1.82) is 0 Å². The van der Waals surface area contributed by atoms with E-state index in [4.69, 9.17) is 9.15 Å². The predicted octanol–water partition coefficient (Wildman–Crippen LogP) is 2.53. The van der Waals surface area contributed by atoms with E-state index in [0.29, 0.717) is 22.4 Å². The molecular formula is C19H20N4O5. The van der Waals surface area contributed by atoms with Crippen LogP contribution in [0.25, 0.3) is 11.5 Å². The minimum Gasteiger partial charge on any atom is -0.451 e. The van der Waals surface area contributed by atoms with E-state index in [1.165, 1.54) is 0 Å². The van der Waals surface area contributed by atoms with Gasteiger partial charge in [-0.15, -0.1) is 5.10 Å². The van der Waals surface area contributed by atoms with Crippen LogP contribution >= 0.6 is 0 Å². The SMILES string of the molecule is Cc1[nH]c(C(=O)OCC(=O)Nc2nnc(-c3ccccc3)o2)c(C)c1[C@H](C)O. The fourth-order valence-electron chi connectivity index (χ4n) is 2.93. The summed E-state index contributed by atoms with van der Waals surface area (Å²) in [6, 6.07) is 9.00. The molecule has 2 aromatic heterocycles. The number of carbonyl (C=O) groups is 2. The Morgan fingerprint density at radius 1 is 1.25 bits per heavy atom. The van der Waals surface area contributed by atoms with Crippen LogP contribution in [-0.4, -0.2) is 38.8 Å². The van der Waals surface area contributed by atoms with E-state index in [9.17, 15) is 14.7 Å². The zero-order chi connectivity index (χ0) is 20.3. The number of nitrogens with one attached hydrogen (secondary N) is 2. The van der Waals surface area contributed by atoms with Gasteiger partial charge in [-0.25, -0.2) is 4.79 Å². The van der Waals surface area contributed by atoms with Crippen molar-refractivity contribution in [3.63, 3.8) is 0 Å². The molecule has 0 saturated heterocycles. The second-order valence-corrected chi connectivity index (χ2v) is 6.24. The lowest BCUT2D eigenvalue weighted by Gasteiger charge is -2.06. The van der Waals surface area contributed by atoms with Gasteiger partial charge in [-0.05, 0) is 38.5 Å². The topological polar surface area (TPSA) is 130 Å². The summed E-state index contributed by atoms with van der Waals surface area (Å²) >= 11 is 0. The van der Waals surface area contributed by atoms with E-state index in [1.54, 1.807) is 32.9 Å². The maximum atomic E-state index is 12.2. The quantitative estimate of drug-likeness (QED) is 0.557. The van der Waals surface area contributed by atoms with E-state index in [0.717, 1.165) is 0 Å². The number of nitrogens with zero attached hydrogens (tertiary/aromatic N) is 2. The smallest absolute Gasteiger partial charge is 0.355 e. The number of rotatable bonds is 6. The van der Waals surface area contributed by atoms with Crippen molar-refractivity contribution in [3.8, 4) is 11.5 Å². The molecule has 1 amide bonds. The number of amides is 1. The molecule has 0 aliphatic heterocycles. The molecule has 3 aromatic rings. The van der Waals surface area contributed by atoms with E-state index in [1.807, 2.05) is 18.2 Å². The van der Waals surface area contributed by atoms with Gasteiger partial charge in [0.2, 0.25) is 5.89 Å². The second kappa shape index (κ2) is 8.05. The molecule has 0 spiro atoms. The van der Waals surface area contributed by atoms with E-state index < -0.39 is 24.6 Å². The first-order chi connectivity index (χ1) is 13.4. The minimum atomic E-state index is -0.725. The van der Waals surface area contributed by atoms with Gasteiger partial charge in [-0.1, -0.05) is 23.3 Å². The molecule has 2 heterocycles. The largest absolute Gasteiger partial charge is 0.451 e. The van der Waals surface area contributed by atoms with Gasteiger partial charge < -0.3 is 19.2 Å². The first-order valence-electron chi connectivity index (χ1n) is 8.59. The summed E-state index contributed by atoms with van der Waals surface area (Å²) in [4.78, 5) is 27.1. The highest BCUT2D eigenvalue weighted by Crippen LogP contribution is 2.25. The number of carbonyl (C=O) groups excluding carboxylic acids is 2. The summed E-state index contributed by atoms with van der Waals surface area (Å²) in [5.41, 5.74) is 2.81. The number of aliphatic hydroxyl groups is 1. The normalized spacial score (nSPS) is 11.9. The highest BCUT2D eigenvalue weighted by atomic mass is 16.5. The molecule has 3 N–H and O–H groups in total. The summed E-state index contributed by atoms with van der Waals surface area (Å²) in [7, 11) is 0. The Balaban J connectivity index is 1.58. The lowest BCUT2D eigenvalue weighted by atomic mass is 10.1. The van der Waals surface area contributed by atoms with Crippen LogP contribution in [0.2, 0.25) is 0 Å². The summed E-state index contributed by atoms with van der Waals surface area (Å²) in [6.07, 6.45) is -0.725. The van der Waals surface area contributed by atoms with Crippen molar-refractivity contribution in [2.45, 2.75) is 26.9 Å². The van der Waals surface area contributed by atoms with Crippen LogP contribution < -0.4 is 5.32 Å². The van der Waals surface area contributed by atoms with Crippen LogP contribution in [0.5, 0.6) is 0 Å². The van der Waals surface area contributed by atoms with Crippen LogP contribution in [0.15, 0.2) is 34.7 Å². The third-order valence-corrected chi connectivity index (χ3v) is 4.14. The van der Waals surface area contributed by atoms with Gasteiger partial charge in [0.15, 0.2) is 6.61 Å². The molecule has 1 atom stereocenters. The molecule has 0 aliphatic carbocycles. The van der Waals surface area contributed by atoms with E-state index in [2.05, 4.69) is 20.5 Å². The Hall–Kier alpha value is -3.46. The number of aromatic amines is 1. The molecule has 9 nitrogen and oxygen atoms in total. The van der Waals surface area contributed by atoms with Gasteiger partial charge in [0.25, 0.3) is 5.91 Å². The molecule has 0 radical (unpaired) electrons. The zero-order valence-electron chi connectivity index (χ0n) is 15.6. The van der Waals surface area contributed by atoms with Crippen molar-refractivity contribution >= 4 is 17.9 Å². The first kappa shape index (κ1) is 19.3. The van der Waals surface area contributed by atoms with Gasteiger partial charge in [0.05, 0.1) is 6.10 Å². The number of anilines is 1. The molecule has 0 fully saturated rings. The average molecular weight is 384 g/mol. The Morgan fingerprint density at radius 3 is 2.61 bits per heavy atom. The molecule has 9 heteroatoms. The number of hydrogen-bond acceptors (Lipinski definition) is 7. The van der Waals surface area contributed by atoms with Crippen molar-refractivity contribution < 1.29 is 23.8 Å². The van der Waals surface area contributed by atoms with Crippen LogP contribution in [0, 0.1) is 13.8 Å². The van der Waals surface area contributed by atoms with Crippen molar-refractivity contribution in [3.05, 3.63) is 52.8 Å². The van der Waals surface area contributed by atoms with Crippen molar-refractivity contribution in [2.24, 2.45) is 0 Å². The van der Waals surface area contributed by atoms with Gasteiger partial charge >= 0.3 is 12.0 Å². The zero-order valence-corrected chi connectivity index (χ0v) is 15.6. The van der Waals surface area contributed by atoms with E-state index >= 15 is 0 Å². The molecule has 0 aliphatic rings. The number of aromatic nitrogens is 3. The van der Waals surface area contributed by atoms with E-state index in [-0.39, 0.29) is 17.6 Å². The number of aryl methyl sites for hydroxylation is 1. The number of hydrogen-bond donors (Lipinski definition) is 3. The number of esters is 1. The maximum absolute atomic E-state index is 12.2. The standard InChI is InChI=1S/C19H20N4O5/c1-10-15(12(3)24)11(2)20-16(10)18(26)27-9-14(25)21-19-23-22-17(28-19)13-7-5-4-6-8-13/h4-8,12,20,24H,9H2,1-3H3,(H,21,23,25)/t12-/m0/s1. The second-order valence-electron chi connectivity index (χ2n) is 6.24. The van der Waals surface area contributed by atoms with Gasteiger partial charge in [-0.2, -0.15) is 0 Å². The first-order valence-corrected chi connectivity index (χ1v) is 8.59. The Bertz CT molecular complexity index is 991. The summed E-state index contributed by atoms with van der Waals surface area (Å²) in [6.45, 7) is 4.54. The Morgan fingerprint density at radius 2 is 1.96 bits per heavy atom. The van der Waals surface area contributed by atoms with Crippen LogP contribution in [0.3, 0.4) is 0 Å². The third-order valence-electron chi connectivity index (χ3n) is 4.14. The fraction of sp³-hybridized carbons (Fsp3) is 0.263.